The van der Waals surface area contributed by atoms with E-state index in [4.69, 9.17) is 0 Å². The largest absolute Gasteiger partial charge is 0.294 e. The third-order valence-electron chi connectivity index (χ3n) is 9.60. The van der Waals surface area contributed by atoms with E-state index in [1.807, 2.05) is 31.2 Å². The van der Waals surface area contributed by atoms with Gasteiger partial charge in [0.15, 0.2) is 11.6 Å². The maximum atomic E-state index is 13.6. The van der Waals surface area contributed by atoms with Crippen LogP contribution in [0.5, 0.6) is 0 Å². The Morgan fingerprint density at radius 3 is 2.24 bits per heavy atom. The molecular formula is C40H46O2. The van der Waals surface area contributed by atoms with Crippen LogP contribution in [0.2, 0.25) is 0 Å². The van der Waals surface area contributed by atoms with Gasteiger partial charge in [0.05, 0.1) is 0 Å². The number of aryl methyl sites for hydroxylation is 3. The number of benzene rings is 3. The Morgan fingerprint density at radius 1 is 0.833 bits per heavy atom. The molecule has 0 saturated heterocycles. The SMILES string of the molecule is CCCCc1cccc(CCC(=O)c2ccc(C3CCC(c4ccccc4C)CC3)c(C(C)C(=O)C3=CC=CC3)c2)c1. The fourth-order valence-corrected chi connectivity index (χ4v) is 7.03. The average molecular weight is 559 g/mol. The Morgan fingerprint density at radius 2 is 1.55 bits per heavy atom. The van der Waals surface area contributed by atoms with Crippen LogP contribution in [0.3, 0.4) is 0 Å². The lowest BCUT2D eigenvalue weighted by molar-refractivity contribution is -0.116. The number of carbonyl (C=O) groups is 2. The fourth-order valence-electron chi connectivity index (χ4n) is 7.03. The molecule has 0 aliphatic heterocycles. The van der Waals surface area contributed by atoms with Crippen LogP contribution in [0, 0.1) is 6.92 Å². The van der Waals surface area contributed by atoms with E-state index in [0.29, 0.717) is 24.7 Å². The van der Waals surface area contributed by atoms with E-state index in [1.54, 1.807) is 0 Å². The number of hydrogen-bond acceptors (Lipinski definition) is 2. The Bertz CT molecular complexity index is 1460. The second-order valence-electron chi connectivity index (χ2n) is 12.5. The standard InChI is InChI=1S/C40H46O2/c1-4-5-12-30-13-10-14-31(26-30)18-25-39(41)35-23-24-37(38(27-35)29(3)40(42)34-15-7-8-16-34)33-21-19-32(20-22-33)36-17-9-6-11-28(36)2/h6-11,13-15,17,23-24,26-27,29,32-33H,4-5,12,16,18-22,25H2,1-3H3. The van der Waals surface area contributed by atoms with Crippen molar-refractivity contribution in [1.29, 1.82) is 0 Å². The molecule has 3 aromatic rings. The third kappa shape index (κ3) is 7.09. The summed E-state index contributed by atoms with van der Waals surface area (Å²) in [6, 6.07) is 23.8. The molecule has 0 N–H and O–H groups in total. The highest BCUT2D eigenvalue weighted by Crippen LogP contribution is 2.44. The number of Topliss-reactive ketones (excluding diaryl/α,β-unsaturated/α-hetero) is 2. The fraction of sp³-hybridized carbons (Fsp3) is 0.400. The minimum Gasteiger partial charge on any atom is -0.294 e. The van der Waals surface area contributed by atoms with Gasteiger partial charge in [0, 0.05) is 17.9 Å². The van der Waals surface area contributed by atoms with E-state index >= 15 is 0 Å². The van der Waals surface area contributed by atoms with Gasteiger partial charge in [-0.05, 0) is 115 Å². The first-order chi connectivity index (χ1) is 20.4. The topological polar surface area (TPSA) is 34.1 Å². The second-order valence-corrected chi connectivity index (χ2v) is 12.5. The van der Waals surface area contributed by atoms with Crippen molar-refractivity contribution in [3.05, 3.63) is 129 Å². The van der Waals surface area contributed by atoms with Crippen molar-refractivity contribution in [3.8, 4) is 0 Å². The number of ketones is 2. The first kappa shape index (κ1) is 30.0. The van der Waals surface area contributed by atoms with Crippen molar-refractivity contribution < 1.29 is 9.59 Å². The molecule has 218 valence electrons. The maximum absolute atomic E-state index is 13.6. The first-order valence-electron chi connectivity index (χ1n) is 16.1. The van der Waals surface area contributed by atoms with Crippen molar-refractivity contribution in [1.82, 2.24) is 0 Å². The summed E-state index contributed by atoms with van der Waals surface area (Å²) in [5, 5.41) is 0. The zero-order chi connectivity index (χ0) is 29.5. The van der Waals surface area contributed by atoms with Gasteiger partial charge in [0.25, 0.3) is 0 Å². The number of hydrogen-bond donors (Lipinski definition) is 0. The Balaban J connectivity index is 1.34. The predicted molar refractivity (Wildman–Crippen MR) is 175 cm³/mol. The van der Waals surface area contributed by atoms with Crippen LogP contribution in [0.15, 0.2) is 90.5 Å². The molecule has 2 nitrogen and oxygen atoms in total. The van der Waals surface area contributed by atoms with Crippen LogP contribution in [-0.4, -0.2) is 11.6 Å². The van der Waals surface area contributed by atoms with Gasteiger partial charge in [-0.25, -0.2) is 0 Å². The van der Waals surface area contributed by atoms with E-state index in [9.17, 15) is 9.59 Å². The van der Waals surface area contributed by atoms with Gasteiger partial charge in [-0.3, -0.25) is 9.59 Å². The normalized spacial score (nSPS) is 19.0. The molecule has 2 aliphatic rings. The first-order valence-corrected chi connectivity index (χ1v) is 16.1. The summed E-state index contributed by atoms with van der Waals surface area (Å²) in [6.07, 6.45) is 15.9. The lowest BCUT2D eigenvalue weighted by atomic mass is 9.73. The highest BCUT2D eigenvalue weighted by atomic mass is 16.1. The highest BCUT2D eigenvalue weighted by Gasteiger charge is 2.29. The maximum Gasteiger partial charge on any atom is 0.166 e. The van der Waals surface area contributed by atoms with Crippen LogP contribution in [0.4, 0.5) is 0 Å². The Hall–Kier alpha value is -3.52. The Labute approximate surface area is 253 Å². The van der Waals surface area contributed by atoms with Crippen molar-refractivity contribution in [2.24, 2.45) is 0 Å². The quantitative estimate of drug-likeness (QED) is 0.207. The summed E-state index contributed by atoms with van der Waals surface area (Å²) in [5.74, 6) is 1.10. The van der Waals surface area contributed by atoms with Gasteiger partial charge in [-0.1, -0.05) is 99.2 Å². The minimum atomic E-state index is -0.261. The zero-order valence-corrected chi connectivity index (χ0v) is 25.7. The zero-order valence-electron chi connectivity index (χ0n) is 25.7. The molecule has 1 unspecified atom stereocenters. The van der Waals surface area contributed by atoms with Crippen LogP contribution < -0.4 is 0 Å². The highest BCUT2D eigenvalue weighted by molar-refractivity contribution is 6.02. The molecule has 0 bridgehead atoms. The molecule has 1 fully saturated rings. The molecule has 0 amide bonds. The summed E-state index contributed by atoms with van der Waals surface area (Å²) in [6.45, 7) is 6.47. The molecule has 0 spiro atoms. The molecule has 0 heterocycles. The number of allylic oxidation sites excluding steroid dienone is 4. The number of unbranched alkanes of at least 4 members (excludes halogenated alkanes) is 1. The van der Waals surface area contributed by atoms with Crippen LogP contribution in [0.1, 0.15) is 127 Å². The molecule has 42 heavy (non-hydrogen) atoms. The lowest BCUT2D eigenvalue weighted by Crippen LogP contribution is -2.18. The van der Waals surface area contributed by atoms with Gasteiger partial charge in [0.1, 0.15) is 0 Å². The summed E-state index contributed by atoms with van der Waals surface area (Å²) in [5.41, 5.74) is 9.38. The number of rotatable bonds is 12. The molecule has 5 rings (SSSR count). The minimum absolute atomic E-state index is 0.159. The Kier molecular flexibility index (Phi) is 10.1. The van der Waals surface area contributed by atoms with Crippen LogP contribution >= 0.6 is 0 Å². The molecule has 0 aromatic heterocycles. The second kappa shape index (κ2) is 14.1. The third-order valence-corrected chi connectivity index (χ3v) is 9.60. The van der Waals surface area contributed by atoms with Gasteiger partial charge in [-0.2, -0.15) is 0 Å². The van der Waals surface area contributed by atoms with E-state index in [0.717, 1.165) is 55.2 Å². The molecule has 0 radical (unpaired) electrons. The molecule has 1 saturated carbocycles. The van der Waals surface area contributed by atoms with Crippen molar-refractivity contribution in [3.63, 3.8) is 0 Å². The van der Waals surface area contributed by atoms with Gasteiger partial charge in [-0.15, -0.1) is 0 Å². The van der Waals surface area contributed by atoms with Gasteiger partial charge < -0.3 is 0 Å². The van der Waals surface area contributed by atoms with Crippen LogP contribution in [-0.2, 0) is 17.6 Å². The lowest BCUT2D eigenvalue weighted by Gasteiger charge is -2.32. The summed E-state index contributed by atoms with van der Waals surface area (Å²) in [7, 11) is 0. The van der Waals surface area contributed by atoms with E-state index in [-0.39, 0.29) is 17.5 Å². The van der Waals surface area contributed by atoms with Gasteiger partial charge >= 0.3 is 0 Å². The summed E-state index contributed by atoms with van der Waals surface area (Å²) < 4.78 is 0. The van der Waals surface area contributed by atoms with Crippen molar-refractivity contribution >= 4 is 11.6 Å². The average Bonchev–Trinajstić information content (AvgIpc) is 3.57. The smallest absolute Gasteiger partial charge is 0.166 e. The molecule has 3 aromatic carbocycles. The van der Waals surface area contributed by atoms with Crippen molar-refractivity contribution in [2.45, 2.75) is 103 Å². The van der Waals surface area contributed by atoms with E-state index in [1.165, 1.54) is 40.7 Å². The van der Waals surface area contributed by atoms with Crippen molar-refractivity contribution in [2.75, 3.05) is 0 Å². The van der Waals surface area contributed by atoms with Gasteiger partial charge in [0.2, 0.25) is 0 Å². The van der Waals surface area contributed by atoms with E-state index < -0.39 is 0 Å². The summed E-state index contributed by atoms with van der Waals surface area (Å²) >= 11 is 0. The molecular weight excluding hydrogens is 512 g/mol. The molecule has 1 atom stereocenters. The van der Waals surface area contributed by atoms with E-state index in [2.05, 4.69) is 74.5 Å². The molecule has 2 heteroatoms. The molecule has 2 aliphatic carbocycles. The predicted octanol–water partition coefficient (Wildman–Crippen LogP) is 10.2. The van der Waals surface area contributed by atoms with Crippen LogP contribution in [0.25, 0.3) is 0 Å². The summed E-state index contributed by atoms with van der Waals surface area (Å²) in [4.78, 5) is 27.0. The monoisotopic (exact) mass is 558 g/mol. The number of carbonyl (C=O) groups excluding carboxylic acids is 2.